The van der Waals surface area contributed by atoms with E-state index in [0.29, 0.717) is 6.54 Å². The maximum Gasteiger partial charge on any atom is 0.240 e. The second-order valence-corrected chi connectivity index (χ2v) is 4.35. The summed E-state index contributed by atoms with van der Waals surface area (Å²) in [5.74, 6) is -0.0348. The quantitative estimate of drug-likeness (QED) is 0.665. The molecule has 0 saturated heterocycles. The normalized spacial score (nSPS) is 13.6. The zero-order valence-electron chi connectivity index (χ0n) is 9.00. The largest absolute Gasteiger partial charge is 0.341 e. The molecule has 0 aliphatic heterocycles. The second-order valence-electron chi connectivity index (χ2n) is 4.35. The van der Waals surface area contributed by atoms with Gasteiger partial charge in [-0.25, -0.2) is 0 Å². The van der Waals surface area contributed by atoms with Gasteiger partial charge in [0.1, 0.15) is 0 Å². The van der Waals surface area contributed by atoms with Crippen molar-refractivity contribution in [3.63, 3.8) is 0 Å². The first-order chi connectivity index (χ1) is 5.80. The van der Waals surface area contributed by atoms with Crippen LogP contribution in [0.25, 0.3) is 0 Å². The molecule has 0 aliphatic carbocycles. The van der Waals surface area contributed by atoms with Crippen molar-refractivity contribution in [2.75, 3.05) is 13.6 Å². The van der Waals surface area contributed by atoms with Crippen LogP contribution >= 0.6 is 0 Å². The Bertz CT molecular complexity index is 194. The van der Waals surface area contributed by atoms with Crippen LogP contribution in [0.3, 0.4) is 0 Å². The van der Waals surface area contributed by atoms with Crippen LogP contribution in [0.15, 0.2) is 12.7 Å². The molecular formula is C10H20N2O. The Labute approximate surface area is 80.6 Å². The molecule has 0 aromatic carbocycles. The summed E-state index contributed by atoms with van der Waals surface area (Å²) in [6.45, 7) is 9.98. The molecule has 1 atom stereocenters. The Morgan fingerprint density at radius 2 is 2.08 bits per heavy atom. The number of carbonyl (C=O) groups excluding carboxylic acids is 1. The maximum atomic E-state index is 11.6. The van der Waals surface area contributed by atoms with Crippen molar-refractivity contribution in [3.8, 4) is 0 Å². The first-order valence-corrected chi connectivity index (χ1v) is 4.42. The van der Waals surface area contributed by atoms with Gasteiger partial charge in [-0.05, 0) is 5.41 Å². The smallest absolute Gasteiger partial charge is 0.240 e. The minimum atomic E-state index is -0.447. The zero-order valence-corrected chi connectivity index (χ0v) is 9.00. The van der Waals surface area contributed by atoms with Crippen LogP contribution in [0, 0.1) is 5.41 Å². The van der Waals surface area contributed by atoms with E-state index in [2.05, 4.69) is 6.58 Å². The zero-order chi connectivity index (χ0) is 10.6. The molecule has 76 valence electrons. The first-order valence-electron chi connectivity index (χ1n) is 4.42. The third kappa shape index (κ3) is 3.59. The highest BCUT2D eigenvalue weighted by atomic mass is 16.2. The summed E-state index contributed by atoms with van der Waals surface area (Å²) in [5.41, 5.74) is 5.61. The van der Waals surface area contributed by atoms with E-state index in [1.807, 2.05) is 20.8 Å². The standard InChI is InChI=1S/C10H20N2O/c1-6-7-12(5)9(13)8(11)10(2,3)4/h6,8H,1,7,11H2,2-5H3/t8-/m1/s1. The van der Waals surface area contributed by atoms with Gasteiger partial charge in [0.2, 0.25) is 5.91 Å². The minimum Gasteiger partial charge on any atom is -0.341 e. The summed E-state index contributed by atoms with van der Waals surface area (Å²) in [6.07, 6.45) is 1.69. The van der Waals surface area contributed by atoms with Gasteiger partial charge in [0, 0.05) is 13.6 Å². The third-order valence-corrected chi connectivity index (χ3v) is 1.98. The summed E-state index contributed by atoms with van der Waals surface area (Å²) in [5, 5.41) is 0. The van der Waals surface area contributed by atoms with Crippen LogP contribution in [-0.2, 0) is 4.79 Å². The number of hydrogen-bond acceptors (Lipinski definition) is 2. The molecule has 0 spiro atoms. The van der Waals surface area contributed by atoms with Gasteiger partial charge >= 0.3 is 0 Å². The van der Waals surface area contributed by atoms with Crippen LogP contribution in [0.4, 0.5) is 0 Å². The molecule has 0 heterocycles. The third-order valence-electron chi connectivity index (χ3n) is 1.98. The van der Waals surface area contributed by atoms with Gasteiger partial charge in [0.05, 0.1) is 6.04 Å². The number of nitrogens with two attached hydrogens (primary N) is 1. The average molecular weight is 184 g/mol. The molecule has 0 rings (SSSR count). The predicted octanol–water partition coefficient (Wildman–Crippen LogP) is 1.00. The van der Waals surface area contributed by atoms with Crippen LogP contribution < -0.4 is 5.73 Å². The highest BCUT2D eigenvalue weighted by Gasteiger charge is 2.29. The van der Waals surface area contributed by atoms with Gasteiger partial charge in [-0.1, -0.05) is 26.8 Å². The van der Waals surface area contributed by atoms with Crippen LogP contribution in [0.5, 0.6) is 0 Å². The van der Waals surface area contributed by atoms with Gasteiger partial charge in [0.15, 0.2) is 0 Å². The van der Waals surface area contributed by atoms with E-state index in [1.165, 1.54) is 0 Å². The molecule has 0 saturated carbocycles. The summed E-state index contributed by atoms with van der Waals surface area (Å²) < 4.78 is 0. The number of rotatable bonds is 3. The van der Waals surface area contributed by atoms with Gasteiger partial charge in [-0.2, -0.15) is 0 Å². The Morgan fingerprint density at radius 1 is 1.62 bits per heavy atom. The molecule has 3 heteroatoms. The van der Waals surface area contributed by atoms with Crippen molar-refractivity contribution >= 4 is 5.91 Å². The average Bonchev–Trinajstić information content (AvgIpc) is 2.00. The van der Waals surface area contributed by atoms with E-state index in [-0.39, 0.29) is 11.3 Å². The predicted molar refractivity (Wildman–Crippen MR) is 55.3 cm³/mol. The fraction of sp³-hybridized carbons (Fsp3) is 0.700. The van der Waals surface area contributed by atoms with Crippen molar-refractivity contribution < 1.29 is 4.79 Å². The van der Waals surface area contributed by atoms with Gasteiger partial charge in [-0.3, -0.25) is 4.79 Å². The number of nitrogens with zero attached hydrogens (tertiary/aromatic N) is 1. The van der Waals surface area contributed by atoms with Crippen molar-refractivity contribution in [1.82, 2.24) is 4.90 Å². The highest BCUT2D eigenvalue weighted by Crippen LogP contribution is 2.18. The lowest BCUT2D eigenvalue weighted by Gasteiger charge is -2.29. The van der Waals surface area contributed by atoms with Gasteiger partial charge in [-0.15, -0.1) is 6.58 Å². The number of carbonyl (C=O) groups is 1. The molecule has 0 bridgehead atoms. The number of hydrogen-bond donors (Lipinski definition) is 1. The number of amides is 1. The molecule has 1 amide bonds. The summed E-state index contributed by atoms with van der Waals surface area (Å²) in [7, 11) is 1.73. The summed E-state index contributed by atoms with van der Waals surface area (Å²) >= 11 is 0. The van der Waals surface area contributed by atoms with E-state index in [9.17, 15) is 4.79 Å². The molecule has 0 aromatic heterocycles. The molecule has 0 aliphatic rings. The molecule has 0 unspecified atom stereocenters. The molecule has 3 nitrogen and oxygen atoms in total. The van der Waals surface area contributed by atoms with E-state index < -0.39 is 6.04 Å². The van der Waals surface area contributed by atoms with Crippen LogP contribution in [0.2, 0.25) is 0 Å². The minimum absolute atomic E-state index is 0.0348. The second kappa shape index (κ2) is 4.42. The number of likely N-dealkylation sites (N-methyl/N-ethyl adjacent to an activating group) is 1. The van der Waals surface area contributed by atoms with Crippen molar-refractivity contribution in [2.24, 2.45) is 11.1 Å². The van der Waals surface area contributed by atoms with E-state index in [0.717, 1.165) is 0 Å². The van der Waals surface area contributed by atoms with Crippen molar-refractivity contribution in [3.05, 3.63) is 12.7 Å². The maximum absolute atomic E-state index is 11.6. The molecule has 0 radical (unpaired) electrons. The molecular weight excluding hydrogens is 164 g/mol. The molecule has 2 N–H and O–H groups in total. The van der Waals surface area contributed by atoms with E-state index in [1.54, 1.807) is 18.0 Å². The van der Waals surface area contributed by atoms with E-state index >= 15 is 0 Å². The Morgan fingerprint density at radius 3 is 2.38 bits per heavy atom. The topological polar surface area (TPSA) is 46.3 Å². The Balaban J connectivity index is 4.34. The molecule has 13 heavy (non-hydrogen) atoms. The molecule has 0 aromatic rings. The lowest BCUT2D eigenvalue weighted by Crippen LogP contribution is -2.49. The van der Waals surface area contributed by atoms with Gasteiger partial charge < -0.3 is 10.6 Å². The monoisotopic (exact) mass is 184 g/mol. The van der Waals surface area contributed by atoms with Crippen LogP contribution in [0.1, 0.15) is 20.8 Å². The fourth-order valence-corrected chi connectivity index (χ4v) is 0.891. The fourth-order valence-electron chi connectivity index (χ4n) is 0.891. The first kappa shape index (κ1) is 12.2. The van der Waals surface area contributed by atoms with Crippen molar-refractivity contribution in [2.45, 2.75) is 26.8 Å². The SMILES string of the molecule is C=CCN(C)C(=O)[C@@H](N)C(C)(C)C. The molecule has 0 fully saturated rings. The van der Waals surface area contributed by atoms with Crippen LogP contribution in [-0.4, -0.2) is 30.4 Å². The van der Waals surface area contributed by atoms with E-state index in [4.69, 9.17) is 5.73 Å². The lowest BCUT2D eigenvalue weighted by atomic mass is 9.86. The summed E-state index contributed by atoms with van der Waals surface area (Å²) in [6, 6.07) is -0.447. The Kier molecular flexibility index (Phi) is 4.14. The lowest BCUT2D eigenvalue weighted by molar-refractivity contribution is -0.133. The van der Waals surface area contributed by atoms with Gasteiger partial charge in [0.25, 0.3) is 0 Å². The highest BCUT2D eigenvalue weighted by molar-refractivity contribution is 5.82. The Hall–Kier alpha value is -0.830. The van der Waals surface area contributed by atoms with Crippen molar-refractivity contribution in [1.29, 1.82) is 0 Å². The summed E-state index contributed by atoms with van der Waals surface area (Å²) in [4.78, 5) is 13.2.